The van der Waals surface area contributed by atoms with Gasteiger partial charge in [0.25, 0.3) is 0 Å². The summed E-state index contributed by atoms with van der Waals surface area (Å²) in [7, 11) is 2.07. The maximum Gasteiger partial charge on any atom is 0.132 e. The summed E-state index contributed by atoms with van der Waals surface area (Å²) in [4.78, 5) is 6.67. The number of nitrogens with one attached hydrogen (secondary N) is 1. The van der Waals surface area contributed by atoms with Crippen molar-refractivity contribution in [2.45, 2.75) is 33.7 Å². The van der Waals surface area contributed by atoms with E-state index in [-0.39, 0.29) is 0 Å². The van der Waals surface area contributed by atoms with E-state index in [9.17, 15) is 0 Å². The molecule has 2 aromatic rings. The van der Waals surface area contributed by atoms with Crippen molar-refractivity contribution in [2.24, 2.45) is 0 Å². The van der Waals surface area contributed by atoms with Gasteiger partial charge in [-0.05, 0) is 56.6 Å². The van der Waals surface area contributed by atoms with Gasteiger partial charge in [-0.1, -0.05) is 24.6 Å². The first-order chi connectivity index (χ1) is 10.0. The third-order valence-corrected chi connectivity index (χ3v) is 3.84. The van der Waals surface area contributed by atoms with E-state index in [0.717, 1.165) is 12.4 Å². The minimum Gasteiger partial charge on any atom is -0.329 e. The molecule has 0 saturated heterocycles. The van der Waals surface area contributed by atoms with Crippen molar-refractivity contribution in [3.05, 3.63) is 53.2 Å². The van der Waals surface area contributed by atoms with Gasteiger partial charge in [-0.3, -0.25) is 0 Å². The van der Waals surface area contributed by atoms with Crippen molar-refractivity contribution >= 4 is 11.5 Å². The van der Waals surface area contributed by atoms with Crippen LogP contribution in [-0.4, -0.2) is 18.6 Å². The standard InChI is InChI=1S/C18H25N3/c1-6-19-15(4)16-9-10-20-18(12-16)21(5)17-8-7-13(2)11-14(17)3/h7-12,15,19H,6H2,1-5H3. The number of anilines is 2. The van der Waals surface area contributed by atoms with Crippen LogP contribution in [0.1, 0.15) is 36.6 Å². The summed E-state index contributed by atoms with van der Waals surface area (Å²) in [6.07, 6.45) is 1.89. The summed E-state index contributed by atoms with van der Waals surface area (Å²) >= 11 is 0. The van der Waals surface area contributed by atoms with Gasteiger partial charge in [-0.2, -0.15) is 0 Å². The van der Waals surface area contributed by atoms with Crippen LogP contribution in [0.15, 0.2) is 36.5 Å². The first-order valence-electron chi connectivity index (χ1n) is 7.53. The molecule has 0 spiro atoms. The predicted octanol–water partition coefficient (Wildman–Crippen LogP) is 4.14. The Hall–Kier alpha value is -1.87. The molecule has 0 aliphatic carbocycles. The predicted molar refractivity (Wildman–Crippen MR) is 90.3 cm³/mol. The second kappa shape index (κ2) is 6.72. The Morgan fingerprint density at radius 3 is 2.62 bits per heavy atom. The Bertz CT molecular complexity index is 607. The zero-order valence-electron chi connectivity index (χ0n) is 13.6. The van der Waals surface area contributed by atoms with E-state index < -0.39 is 0 Å². The molecular weight excluding hydrogens is 258 g/mol. The van der Waals surface area contributed by atoms with Gasteiger partial charge in [-0.25, -0.2) is 4.98 Å². The monoisotopic (exact) mass is 283 g/mol. The Morgan fingerprint density at radius 1 is 1.19 bits per heavy atom. The highest BCUT2D eigenvalue weighted by Crippen LogP contribution is 2.27. The van der Waals surface area contributed by atoms with Crippen LogP contribution >= 0.6 is 0 Å². The molecule has 0 fully saturated rings. The van der Waals surface area contributed by atoms with Crippen LogP contribution in [0.3, 0.4) is 0 Å². The molecule has 0 bridgehead atoms. The molecule has 3 nitrogen and oxygen atoms in total. The van der Waals surface area contributed by atoms with Crippen LogP contribution in [0.2, 0.25) is 0 Å². The van der Waals surface area contributed by atoms with Crippen molar-refractivity contribution in [3.8, 4) is 0 Å². The van der Waals surface area contributed by atoms with E-state index in [2.05, 4.69) is 80.3 Å². The molecule has 1 heterocycles. The molecule has 1 aromatic carbocycles. The SMILES string of the molecule is CCNC(C)c1ccnc(N(C)c2ccc(C)cc2C)c1. The fourth-order valence-electron chi connectivity index (χ4n) is 2.62. The molecule has 0 aliphatic heterocycles. The lowest BCUT2D eigenvalue weighted by molar-refractivity contribution is 0.597. The third kappa shape index (κ3) is 3.61. The van der Waals surface area contributed by atoms with Crippen LogP contribution in [-0.2, 0) is 0 Å². The number of aryl methyl sites for hydroxylation is 2. The number of aromatic nitrogens is 1. The molecule has 1 atom stereocenters. The molecule has 3 heteroatoms. The van der Waals surface area contributed by atoms with Crippen LogP contribution < -0.4 is 10.2 Å². The summed E-state index contributed by atoms with van der Waals surface area (Å²) in [5.74, 6) is 0.976. The molecule has 21 heavy (non-hydrogen) atoms. The fourth-order valence-corrected chi connectivity index (χ4v) is 2.62. The van der Waals surface area contributed by atoms with Crippen molar-refractivity contribution in [2.75, 3.05) is 18.5 Å². The number of benzene rings is 1. The van der Waals surface area contributed by atoms with E-state index in [0.29, 0.717) is 6.04 Å². The molecule has 2 rings (SSSR count). The molecule has 0 amide bonds. The van der Waals surface area contributed by atoms with Crippen LogP contribution in [0.5, 0.6) is 0 Å². The molecule has 1 aromatic heterocycles. The maximum atomic E-state index is 4.52. The van der Waals surface area contributed by atoms with E-state index in [1.165, 1.54) is 22.4 Å². The topological polar surface area (TPSA) is 28.2 Å². The lowest BCUT2D eigenvalue weighted by Crippen LogP contribution is -2.19. The molecule has 0 radical (unpaired) electrons. The number of nitrogens with zero attached hydrogens (tertiary/aromatic N) is 2. The smallest absolute Gasteiger partial charge is 0.132 e. The zero-order chi connectivity index (χ0) is 15.4. The van der Waals surface area contributed by atoms with Crippen molar-refractivity contribution in [3.63, 3.8) is 0 Å². The van der Waals surface area contributed by atoms with Crippen LogP contribution in [0.25, 0.3) is 0 Å². The minimum atomic E-state index is 0.337. The minimum absolute atomic E-state index is 0.337. The molecular formula is C18H25N3. The number of hydrogen-bond donors (Lipinski definition) is 1. The Balaban J connectivity index is 2.30. The number of rotatable bonds is 5. The molecule has 112 valence electrons. The van der Waals surface area contributed by atoms with Gasteiger partial charge in [-0.15, -0.1) is 0 Å². The Kier molecular flexibility index (Phi) is 4.97. The maximum absolute atomic E-state index is 4.52. The van der Waals surface area contributed by atoms with E-state index in [1.807, 2.05) is 6.20 Å². The lowest BCUT2D eigenvalue weighted by atomic mass is 10.1. The first-order valence-corrected chi connectivity index (χ1v) is 7.53. The van der Waals surface area contributed by atoms with Gasteiger partial charge in [0.2, 0.25) is 0 Å². The highest BCUT2D eigenvalue weighted by molar-refractivity contribution is 5.63. The highest BCUT2D eigenvalue weighted by Gasteiger charge is 2.11. The van der Waals surface area contributed by atoms with Gasteiger partial charge in [0, 0.05) is 25.0 Å². The van der Waals surface area contributed by atoms with E-state index in [4.69, 9.17) is 0 Å². The molecule has 1 unspecified atom stereocenters. The summed E-state index contributed by atoms with van der Waals surface area (Å²) in [6, 6.07) is 11.1. The summed E-state index contributed by atoms with van der Waals surface area (Å²) < 4.78 is 0. The molecule has 1 N–H and O–H groups in total. The van der Waals surface area contributed by atoms with E-state index in [1.54, 1.807) is 0 Å². The fraction of sp³-hybridized carbons (Fsp3) is 0.389. The second-order valence-corrected chi connectivity index (χ2v) is 5.58. The quantitative estimate of drug-likeness (QED) is 0.894. The average Bonchev–Trinajstić information content (AvgIpc) is 2.47. The molecule has 0 saturated carbocycles. The zero-order valence-corrected chi connectivity index (χ0v) is 13.6. The molecule has 0 aliphatic rings. The Labute approximate surface area is 128 Å². The van der Waals surface area contributed by atoms with Gasteiger partial charge >= 0.3 is 0 Å². The largest absolute Gasteiger partial charge is 0.329 e. The van der Waals surface area contributed by atoms with Crippen molar-refractivity contribution < 1.29 is 0 Å². The van der Waals surface area contributed by atoms with Crippen molar-refractivity contribution in [1.29, 1.82) is 0 Å². The summed E-state index contributed by atoms with van der Waals surface area (Å²) in [5.41, 5.74) is 5.01. The number of hydrogen-bond acceptors (Lipinski definition) is 3. The van der Waals surface area contributed by atoms with Crippen LogP contribution in [0.4, 0.5) is 11.5 Å². The van der Waals surface area contributed by atoms with Gasteiger partial charge in [0.1, 0.15) is 5.82 Å². The van der Waals surface area contributed by atoms with Crippen LogP contribution in [0, 0.1) is 13.8 Å². The second-order valence-electron chi connectivity index (χ2n) is 5.58. The third-order valence-electron chi connectivity index (χ3n) is 3.84. The summed E-state index contributed by atoms with van der Waals surface area (Å²) in [5, 5.41) is 3.44. The highest BCUT2D eigenvalue weighted by atomic mass is 15.2. The van der Waals surface area contributed by atoms with Gasteiger partial charge in [0.15, 0.2) is 0 Å². The average molecular weight is 283 g/mol. The lowest BCUT2D eigenvalue weighted by Gasteiger charge is -2.22. The van der Waals surface area contributed by atoms with Gasteiger partial charge in [0.05, 0.1) is 0 Å². The summed E-state index contributed by atoms with van der Waals surface area (Å²) in [6.45, 7) is 9.53. The van der Waals surface area contributed by atoms with E-state index >= 15 is 0 Å². The Morgan fingerprint density at radius 2 is 1.95 bits per heavy atom. The normalized spacial score (nSPS) is 12.2. The first kappa shape index (κ1) is 15.5. The van der Waals surface area contributed by atoms with Crippen molar-refractivity contribution in [1.82, 2.24) is 10.3 Å². The van der Waals surface area contributed by atoms with Gasteiger partial charge < -0.3 is 10.2 Å². The number of pyridine rings is 1.